The molecule has 0 bridgehead atoms. The quantitative estimate of drug-likeness (QED) is 0.605. The largest absolute Gasteiger partial charge is 0.322 e. The Morgan fingerprint density at radius 1 is 1.07 bits per heavy atom. The van der Waals surface area contributed by atoms with Crippen molar-refractivity contribution in [2.45, 2.75) is 6.92 Å². The second-order valence-electron chi connectivity index (χ2n) is 5.85. The summed E-state index contributed by atoms with van der Waals surface area (Å²) in [6, 6.07) is 13.5. The zero-order valence-electron chi connectivity index (χ0n) is 14.4. The molecule has 1 amide bonds. The van der Waals surface area contributed by atoms with E-state index in [0.29, 0.717) is 22.6 Å². The van der Waals surface area contributed by atoms with Crippen LogP contribution in [-0.4, -0.2) is 30.5 Å². The highest BCUT2D eigenvalue weighted by molar-refractivity contribution is 6.05. The number of amides is 1. The van der Waals surface area contributed by atoms with E-state index >= 15 is 0 Å². The molecule has 8 heteroatoms. The van der Waals surface area contributed by atoms with Crippen molar-refractivity contribution >= 4 is 11.6 Å². The summed E-state index contributed by atoms with van der Waals surface area (Å²) in [4.78, 5) is 16.5. The first-order chi connectivity index (χ1) is 13.1. The first-order valence-electron chi connectivity index (χ1n) is 8.19. The summed E-state index contributed by atoms with van der Waals surface area (Å²) in [5.41, 5.74) is 2.68. The molecule has 134 valence electrons. The van der Waals surface area contributed by atoms with Crippen LogP contribution in [0.25, 0.3) is 11.4 Å². The van der Waals surface area contributed by atoms with Gasteiger partial charge in [0.15, 0.2) is 0 Å². The third kappa shape index (κ3) is 3.20. The second kappa shape index (κ2) is 6.83. The van der Waals surface area contributed by atoms with Crippen LogP contribution >= 0.6 is 0 Å². The number of benzene rings is 2. The van der Waals surface area contributed by atoms with Crippen molar-refractivity contribution < 1.29 is 9.18 Å². The van der Waals surface area contributed by atoms with Crippen LogP contribution in [-0.2, 0) is 0 Å². The predicted molar refractivity (Wildman–Crippen MR) is 97.6 cm³/mol. The molecule has 0 saturated carbocycles. The SMILES string of the molecule is Cc1c(C(=O)Nc2ccc(-n3cncn3)cc2)cnn1-c1ccccc1F. The van der Waals surface area contributed by atoms with E-state index in [1.165, 1.54) is 23.3 Å². The van der Waals surface area contributed by atoms with Gasteiger partial charge in [-0.1, -0.05) is 12.1 Å². The van der Waals surface area contributed by atoms with Crippen LogP contribution in [0.2, 0.25) is 0 Å². The van der Waals surface area contributed by atoms with Crippen molar-refractivity contribution in [3.8, 4) is 11.4 Å². The molecule has 0 aliphatic carbocycles. The van der Waals surface area contributed by atoms with Gasteiger partial charge in [-0.2, -0.15) is 10.2 Å². The van der Waals surface area contributed by atoms with Gasteiger partial charge in [-0.05, 0) is 43.3 Å². The number of carbonyl (C=O) groups excluding carboxylic acids is 1. The van der Waals surface area contributed by atoms with E-state index < -0.39 is 5.82 Å². The number of aromatic nitrogens is 5. The number of nitrogens with one attached hydrogen (secondary N) is 1. The molecule has 4 rings (SSSR count). The van der Waals surface area contributed by atoms with Gasteiger partial charge in [0.1, 0.15) is 24.2 Å². The monoisotopic (exact) mass is 362 g/mol. The number of para-hydroxylation sites is 1. The van der Waals surface area contributed by atoms with Crippen LogP contribution in [0.15, 0.2) is 67.4 Å². The highest BCUT2D eigenvalue weighted by atomic mass is 19.1. The molecule has 0 radical (unpaired) electrons. The van der Waals surface area contributed by atoms with Crippen LogP contribution in [0.3, 0.4) is 0 Å². The van der Waals surface area contributed by atoms with Crippen LogP contribution in [0.5, 0.6) is 0 Å². The Balaban J connectivity index is 1.55. The molecule has 0 fully saturated rings. The number of anilines is 1. The zero-order valence-corrected chi connectivity index (χ0v) is 14.4. The summed E-state index contributed by atoms with van der Waals surface area (Å²) in [5.74, 6) is -0.719. The lowest BCUT2D eigenvalue weighted by molar-refractivity contribution is 0.102. The van der Waals surface area contributed by atoms with Crippen LogP contribution in [0.1, 0.15) is 16.1 Å². The minimum Gasteiger partial charge on any atom is -0.322 e. The van der Waals surface area contributed by atoms with Crippen molar-refractivity contribution in [1.82, 2.24) is 24.5 Å². The number of hydrogen-bond donors (Lipinski definition) is 1. The molecule has 0 aliphatic heterocycles. The van der Waals surface area contributed by atoms with Gasteiger partial charge in [0.25, 0.3) is 5.91 Å². The van der Waals surface area contributed by atoms with E-state index in [1.54, 1.807) is 48.3 Å². The Labute approximate surface area is 154 Å². The molecule has 0 unspecified atom stereocenters. The lowest BCUT2D eigenvalue weighted by Gasteiger charge is -2.08. The molecule has 2 aromatic heterocycles. The minimum atomic E-state index is -0.403. The summed E-state index contributed by atoms with van der Waals surface area (Å²) in [6.07, 6.45) is 4.47. The molecule has 2 aromatic carbocycles. The summed E-state index contributed by atoms with van der Waals surface area (Å²) in [6.45, 7) is 1.72. The number of nitrogens with zero attached hydrogens (tertiary/aromatic N) is 5. The average molecular weight is 362 g/mol. The molecular formula is C19H15FN6O. The van der Waals surface area contributed by atoms with Crippen molar-refractivity contribution in [3.63, 3.8) is 0 Å². The second-order valence-corrected chi connectivity index (χ2v) is 5.85. The summed E-state index contributed by atoms with van der Waals surface area (Å²) in [5, 5.41) is 11.0. The molecule has 4 aromatic rings. The smallest absolute Gasteiger partial charge is 0.259 e. The summed E-state index contributed by atoms with van der Waals surface area (Å²) in [7, 11) is 0. The number of carbonyl (C=O) groups is 1. The van der Waals surface area contributed by atoms with Gasteiger partial charge < -0.3 is 5.32 Å². The lowest BCUT2D eigenvalue weighted by Crippen LogP contribution is -2.13. The molecule has 2 heterocycles. The van der Waals surface area contributed by atoms with Gasteiger partial charge in [0.2, 0.25) is 0 Å². The topological polar surface area (TPSA) is 77.6 Å². The van der Waals surface area contributed by atoms with E-state index in [4.69, 9.17) is 0 Å². The van der Waals surface area contributed by atoms with Crippen molar-refractivity contribution in [2.24, 2.45) is 0 Å². The Hall–Kier alpha value is -3.81. The van der Waals surface area contributed by atoms with Crippen LogP contribution < -0.4 is 5.32 Å². The first-order valence-corrected chi connectivity index (χ1v) is 8.19. The van der Waals surface area contributed by atoms with Crippen molar-refractivity contribution in [1.29, 1.82) is 0 Å². The molecule has 0 saturated heterocycles. The van der Waals surface area contributed by atoms with Crippen LogP contribution in [0, 0.1) is 12.7 Å². The van der Waals surface area contributed by atoms with Gasteiger partial charge in [0, 0.05) is 5.69 Å². The molecule has 1 N–H and O–H groups in total. The maximum Gasteiger partial charge on any atom is 0.259 e. The van der Waals surface area contributed by atoms with Gasteiger partial charge in [-0.25, -0.2) is 18.7 Å². The van der Waals surface area contributed by atoms with Crippen molar-refractivity contribution in [2.75, 3.05) is 5.32 Å². The van der Waals surface area contributed by atoms with Gasteiger partial charge in [-0.15, -0.1) is 0 Å². The molecule has 0 atom stereocenters. The summed E-state index contributed by atoms with van der Waals surface area (Å²) >= 11 is 0. The van der Waals surface area contributed by atoms with E-state index in [0.717, 1.165) is 5.69 Å². The number of halogens is 1. The van der Waals surface area contributed by atoms with E-state index in [2.05, 4.69) is 20.5 Å². The third-order valence-electron chi connectivity index (χ3n) is 4.14. The molecule has 0 aliphatic rings. The van der Waals surface area contributed by atoms with Crippen LogP contribution in [0.4, 0.5) is 10.1 Å². The fourth-order valence-corrected chi connectivity index (χ4v) is 2.74. The van der Waals surface area contributed by atoms with E-state index in [1.807, 2.05) is 12.1 Å². The van der Waals surface area contributed by atoms with E-state index in [9.17, 15) is 9.18 Å². The zero-order chi connectivity index (χ0) is 18.8. The molecule has 27 heavy (non-hydrogen) atoms. The number of rotatable bonds is 4. The van der Waals surface area contributed by atoms with Crippen molar-refractivity contribution in [3.05, 3.63) is 84.5 Å². The maximum absolute atomic E-state index is 14.0. The first kappa shape index (κ1) is 16.6. The molecule has 7 nitrogen and oxygen atoms in total. The fourth-order valence-electron chi connectivity index (χ4n) is 2.74. The molecule has 0 spiro atoms. The highest BCUT2D eigenvalue weighted by Gasteiger charge is 2.17. The highest BCUT2D eigenvalue weighted by Crippen LogP contribution is 2.19. The van der Waals surface area contributed by atoms with Gasteiger partial charge >= 0.3 is 0 Å². The van der Waals surface area contributed by atoms with Gasteiger partial charge in [0.05, 0.1) is 23.1 Å². The normalized spacial score (nSPS) is 10.7. The molecular weight excluding hydrogens is 347 g/mol. The van der Waals surface area contributed by atoms with E-state index in [-0.39, 0.29) is 5.91 Å². The summed E-state index contributed by atoms with van der Waals surface area (Å²) < 4.78 is 17.0. The Morgan fingerprint density at radius 2 is 1.85 bits per heavy atom. The average Bonchev–Trinajstić information content (AvgIpc) is 3.33. The van der Waals surface area contributed by atoms with Gasteiger partial charge in [-0.3, -0.25) is 4.79 Å². The maximum atomic E-state index is 14.0. The number of hydrogen-bond acceptors (Lipinski definition) is 4. The Kier molecular flexibility index (Phi) is 4.21. The standard InChI is InChI=1S/C19H15FN6O/c1-13-16(10-22-26(13)18-5-3-2-4-17(18)20)19(27)24-14-6-8-15(9-7-14)25-12-21-11-23-25/h2-12H,1H3,(H,24,27). The third-order valence-corrected chi connectivity index (χ3v) is 4.14. The lowest BCUT2D eigenvalue weighted by atomic mass is 10.2. The predicted octanol–water partition coefficient (Wildman–Crippen LogP) is 3.15. The minimum absolute atomic E-state index is 0.297. The Bertz CT molecular complexity index is 1090. The fraction of sp³-hybridized carbons (Fsp3) is 0.0526. The Morgan fingerprint density at radius 3 is 2.56 bits per heavy atom.